The summed E-state index contributed by atoms with van der Waals surface area (Å²) in [6, 6.07) is 6.61. The van der Waals surface area contributed by atoms with Gasteiger partial charge in [-0.2, -0.15) is 5.10 Å². The van der Waals surface area contributed by atoms with Crippen LogP contribution in [0.1, 0.15) is 31.2 Å². The molecule has 1 heterocycles. The number of nitrogens with one attached hydrogen (secondary N) is 1. The number of nitrogens with zero attached hydrogens (tertiary/aromatic N) is 3. The van der Waals surface area contributed by atoms with Crippen LogP contribution in [-0.2, 0) is 19.7 Å². The summed E-state index contributed by atoms with van der Waals surface area (Å²) in [5.74, 6) is 1.48. The van der Waals surface area contributed by atoms with Crippen molar-refractivity contribution in [1.82, 2.24) is 20.1 Å². The van der Waals surface area contributed by atoms with Gasteiger partial charge in [-0.15, -0.1) is 0 Å². The van der Waals surface area contributed by atoms with Crippen molar-refractivity contribution in [2.75, 3.05) is 0 Å². The lowest BCUT2D eigenvalue weighted by atomic mass is 10.2. The maximum Gasteiger partial charge on any atom is 0.164 e. The first-order chi connectivity index (χ1) is 10.3. The average Bonchev–Trinajstić information content (AvgIpc) is 3.21. The maximum absolute atomic E-state index is 6.28. The number of hydrogen-bond acceptors (Lipinski definition) is 4. The molecule has 1 saturated carbocycles. The molecule has 0 aliphatic heterocycles. The van der Waals surface area contributed by atoms with Crippen molar-refractivity contribution in [2.24, 2.45) is 0 Å². The van der Waals surface area contributed by atoms with Crippen molar-refractivity contribution in [2.45, 2.75) is 45.5 Å². The summed E-state index contributed by atoms with van der Waals surface area (Å²) in [5, 5.41) is 8.21. The minimum atomic E-state index is 0.368. The van der Waals surface area contributed by atoms with Crippen LogP contribution in [0.4, 0.5) is 0 Å². The number of aromatic nitrogens is 3. The minimum Gasteiger partial charge on any atom is -0.484 e. The van der Waals surface area contributed by atoms with E-state index in [1.807, 2.05) is 29.8 Å². The Hall–Kier alpha value is -1.59. The summed E-state index contributed by atoms with van der Waals surface area (Å²) in [7, 11) is 0. The quantitative estimate of drug-likeness (QED) is 0.854. The van der Waals surface area contributed by atoms with Crippen molar-refractivity contribution >= 4 is 11.6 Å². The van der Waals surface area contributed by atoms with Gasteiger partial charge in [0.05, 0.1) is 5.02 Å². The number of ether oxygens (including phenoxy) is 1. The first-order valence-corrected chi connectivity index (χ1v) is 7.65. The van der Waals surface area contributed by atoms with Crippen LogP contribution in [-0.4, -0.2) is 20.8 Å². The smallest absolute Gasteiger partial charge is 0.164 e. The van der Waals surface area contributed by atoms with Crippen LogP contribution in [0.5, 0.6) is 5.75 Å². The predicted octanol–water partition coefficient (Wildman–Crippen LogP) is 2.78. The van der Waals surface area contributed by atoms with Gasteiger partial charge in [0.2, 0.25) is 0 Å². The van der Waals surface area contributed by atoms with Crippen LogP contribution >= 0.6 is 11.6 Å². The first-order valence-electron chi connectivity index (χ1n) is 7.27. The molecule has 0 atom stereocenters. The van der Waals surface area contributed by atoms with E-state index in [4.69, 9.17) is 16.3 Å². The lowest BCUT2D eigenvalue weighted by Crippen LogP contribution is -2.15. The molecule has 0 amide bonds. The summed E-state index contributed by atoms with van der Waals surface area (Å²) in [6.07, 6.45) is 4.11. The molecule has 5 nitrogen and oxygen atoms in total. The molecule has 0 unspecified atom stereocenters. The summed E-state index contributed by atoms with van der Waals surface area (Å²) >= 11 is 6.28. The fraction of sp³-hybridized carbons (Fsp3) is 0.467. The SMILES string of the molecule is CCn1ncnc1COc1ccc(CNC2CC2)cc1Cl. The lowest BCUT2D eigenvalue weighted by molar-refractivity contribution is 0.287. The molecule has 21 heavy (non-hydrogen) atoms. The van der Waals surface area contributed by atoms with Crippen molar-refractivity contribution in [3.63, 3.8) is 0 Å². The molecule has 112 valence electrons. The van der Waals surface area contributed by atoms with Gasteiger partial charge in [0, 0.05) is 19.1 Å². The Labute approximate surface area is 129 Å². The van der Waals surface area contributed by atoms with Crippen molar-refractivity contribution < 1.29 is 4.74 Å². The zero-order valence-electron chi connectivity index (χ0n) is 12.1. The van der Waals surface area contributed by atoms with Gasteiger partial charge < -0.3 is 10.1 Å². The molecule has 1 aromatic heterocycles. The molecule has 1 aliphatic carbocycles. The van der Waals surface area contributed by atoms with Gasteiger partial charge in [0.1, 0.15) is 18.7 Å². The molecule has 0 spiro atoms. The van der Waals surface area contributed by atoms with Crippen LogP contribution < -0.4 is 10.1 Å². The van der Waals surface area contributed by atoms with Crippen molar-refractivity contribution in [3.05, 3.63) is 40.9 Å². The van der Waals surface area contributed by atoms with E-state index in [9.17, 15) is 0 Å². The van der Waals surface area contributed by atoms with E-state index in [2.05, 4.69) is 15.4 Å². The largest absolute Gasteiger partial charge is 0.484 e. The third-order valence-corrected chi connectivity index (χ3v) is 3.82. The highest BCUT2D eigenvalue weighted by Gasteiger charge is 2.20. The molecule has 0 saturated heterocycles. The Morgan fingerprint density at radius 1 is 1.43 bits per heavy atom. The Morgan fingerprint density at radius 3 is 3.00 bits per heavy atom. The Kier molecular flexibility index (Phi) is 4.41. The van der Waals surface area contributed by atoms with Gasteiger partial charge in [0.25, 0.3) is 0 Å². The van der Waals surface area contributed by atoms with Gasteiger partial charge in [-0.05, 0) is 37.5 Å². The molecule has 6 heteroatoms. The van der Waals surface area contributed by atoms with Gasteiger partial charge >= 0.3 is 0 Å². The molecule has 0 bridgehead atoms. The minimum absolute atomic E-state index is 0.368. The zero-order chi connectivity index (χ0) is 14.7. The van der Waals surface area contributed by atoms with Crippen LogP contribution in [0, 0.1) is 0 Å². The molecule has 1 N–H and O–H groups in total. The Morgan fingerprint density at radius 2 is 2.29 bits per heavy atom. The fourth-order valence-corrected chi connectivity index (χ4v) is 2.39. The zero-order valence-corrected chi connectivity index (χ0v) is 12.8. The number of aryl methyl sites for hydroxylation is 1. The van der Waals surface area contributed by atoms with Crippen LogP contribution in [0.3, 0.4) is 0 Å². The highest BCUT2D eigenvalue weighted by molar-refractivity contribution is 6.32. The first kappa shape index (κ1) is 14.4. The second kappa shape index (κ2) is 6.45. The van der Waals surface area contributed by atoms with Gasteiger partial charge in [-0.25, -0.2) is 9.67 Å². The molecule has 3 rings (SSSR count). The maximum atomic E-state index is 6.28. The third-order valence-electron chi connectivity index (χ3n) is 3.52. The highest BCUT2D eigenvalue weighted by atomic mass is 35.5. The Balaban J connectivity index is 1.59. The van der Waals surface area contributed by atoms with E-state index in [0.717, 1.165) is 18.9 Å². The molecule has 1 fully saturated rings. The highest BCUT2D eigenvalue weighted by Crippen LogP contribution is 2.27. The summed E-state index contributed by atoms with van der Waals surface area (Å²) in [4.78, 5) is 4.18. The van der Waals surface area contributed by atoms with Crippen molar-refractivity contribution in [1.29, 1.82) is 0 Å². The van der Waals surface area contributed by atoms with Crippen LogP contribution in [0.2, 0.25) is 5.02 Å². The Bertz CT molecular complexity index is 609. The predicted molar refractivity (Wildman–Crippen MR) is 81.3 cm³/mol. The normalized spacial score (nSPS) is 14.4. The topological polar surface area (TPSA) is 52.0 Å². The number of hydrogen-bond donors (Lipinski definition) is 1. The summed E-state index contributed by atoms with van der Waals surface area (Å²) in [5.41, 5.74) is 1.18. The molecular weight excluding hydrogens is 288 g/mol. The number of halogens is 1. The number of rotatable bonds is 7. The standard InChI is InChI=1S/C15H19ClN4O/c1-2-20-15(18-10-19-20)9-21-14-6-3-11(7-13(14)16)8-17-12-4-5-12/h3,6-7,10,12,17H,2,4-5,8-9H2,1H3. The molecule has 1 aliphatic rings. The van der Waals surface area contributed by atoms with E-state index >= 15 is 0 Å². The fourth-order valence-electron chi connectivity index (χ4n) is 2.13. The average molecular weight is 307 g/mol. The third kappa shape index (κ3) is 3.74. The van der Waals surface area contributed by atoms with Gasteiger partial charge in [-0.1, -0.05) is 17.7 Å². The molecule has 2 aromatic rings. The van der Waals surface area contributed by atoms with Crippen molar-refractivity contribution in [3.8, 4) is 5.75 Å². The van der Waals surface area contributed by atoms with E-state index in [1.54, 1.807) is 0 Å². The summed E-state index contributed by atoms with van der Waals surface area (Å²) in [6.45, 7) is 4.02. The van der Waals surface area contributed by atoms with Crippen LogP contribution in [0.25, 0.3) is 0 Å². The van der Waals surface area contributed by atoms with Gasteiger partial charge in [-0.3, -0.25) is 0 Å². The monoisotopic (exact) mass is 306 g/mol. The molecule has 1 aromatic carbocycles. The van der Waals surface area contributed by atoms with E-state index in [1.165, 1.54) is 24.7 Å². The van der Waals surface area contributed by atoms with E-state index in [0.29, 0.717) is 23.4 Å². The van der Waals surface area contributed by atoms with E-state index in [-0.39, 0.29) is 0 Å². The lowest BCUT2D eigenvalue weighted by Gasteiger charge is -2.10. The molecule has 0 radical (unpaired) electrons. The molecular formula is C15H19ClN4O. The second-order valence-corrected chi connectivity index (χ2v) is 5.61. The van der Waals surface area contributed by atoms with E-state index < -0.39 is 0 Å². The van der Waals surface area contributed by atoms with Crippen LogP contribution in [0.15, 0.2) is 24.5 Å². The second-order valence-electron chi connectivity index (χ2n) is 5.20. The number of benzene rings is 1. The summed E-state index contributed by atoms with van der Waals surface area (Å²) < 4.78 is 7.55. The van der Waals surface area contributed by atoms with Gasteiger partial charge in [0.15, 0.2) is 5.82 Å².